The van der Waals surface area contributed by atoms with Crippen LogP contribution < -0.4 is 10.2 Å². The molecule has 14 heavy (non-hydrogen) atoms. The summed E-state index contributed by atoms with van der Waals surface area (Å²) in [5, 5.41) is 23.3. The second-order valence-corrected chi connectivity index (χ2v) is 2.78. The predicted molar refractivity (Wildman–Crippen MR) is 49.3 cm³/mol. The summed E-state index contributed by atoms with van der Waals surface area (Å²) in [5.74, 6) is 0.106. The van der Waals surface area contributed by atoms with Gasteiger partial charge in [-0.1, -0.05) is 16.8 Å². The zero-order valence-electron chi connectivity index (χ0n) is 7.60. The van der Waals surface area contributed by atoms with E-state index in [4.69, 9.17) is 5.41 Å². The largest absolute Gasteiger partial charge is 0.338 e. The van der Waals surface area contributed by atoms with Gasteiger partial charge in [0, 0.05) is 7.05 Å². The molecule has 2 rings (SSSR count). The van der Waals surface area contributed by atoms with Crippen molar-refractivity contribution in [2.24, 2.45) is 0 Å². The Morgan fingerprint density at radius 1 is 1.57 bits per heavy atom. The maximum Gasteiger partial charge on any atom is 0.313 e. The van der Waals surface area contributed by atoms with Crippen LogP contribution in [0.25, 0.3) is 11.0 Å². The molecule has 6 heteroatoms. The highest BCUT2D eigenvalue weighted by atomic mass is 16.5. The van der Waals surface area contributed by atoms with Gasteiger partial charge in [0.15, 0.2) is 0 Å². The summed E-state index contributed by atoms with van der Waals surface area (Å²) < 4.78 is 1.31. The first-order chi connectivity index (χ1) is 6.74. The molecule has 0 spiro atoms. The zero-order valence-corrected chi connectivity index (χ0v) is 7.60. The van der Waals surface area contributed by atoms with E-state index in [1.165, 1.54) is 4.68 Å². The highest BCUT2D eigenvalue weighted by Gasteiger charge is 2.19. The van der Waals surface area contributed by atoms with Crippen molar-refractivity contribution >= 4 is 17.0 Å². The number of benzene rings is 1. The van der Waals surface area contributed by atoms with Crippen LogP contribution in [0.15, 0.2) is 24.3 Å². The number of fused-ring (bicyclic) bond motifs is 1. The lowest BCUT2D eigenvalue weighted by atomic mass is 10.3. The van der Waals surface area contributed by atoms with Crippen LogP contribution in [0.1, 0.15) is 0 Å². The number of aromatic nitrogens is 3. The summed E-state index contributed by atoms with van der Waals surface area (Å²) in [6, 6.07) is 7.12. The van der Waals surface area contributed by atoms with Crippen LogP contribution >= 0.6 is 0 Å². The molecule has 3 N–H and O–H groups in total. The maximum absolute atomic E-state index is 9.40. The molecule has 0 aliphatic rings. The van der Waals surface area contributed by atoms with Crippen molar-refractivity contribution < 1.29 is 10.1 Å². The molecule has 6 nitrogen and oxygen atoms in total. The van der Waals surface area contributed by atoms with Gasteiger partial charge in [-0.15, -0.1) is 0 Å². The molecule has 0 aliphatic heterocycles. The predicted octanol–water partition coefficient (Wildman–Crippen LogP) is -0.437. The first-order valence-corrected chi connectivity index (χ1v) is 4.10. The lowest BCUT2D eigenvalue weighted by Crippen LogP contribution is -2.36. The standard InChI is InChI=1S/C8H10N5O/c1-10-8(9)12-6-4-2-3-5-7(6)13(14)11-12/h2-5H,1H3,(H2,9,10)(H,11,14)/q+1. The Kier molecular flexibility index (Phi) is 1.81. The third-order valence-electron chi connectivity index (χ3n) is 1.95. The molecule has 0 fully saturated rings. The normalized spacial score (nSPS) is 10.4. The number of hydrogen-bond donors (Lipinski definition) is 3. The van der Waals surface area contributed by atoms with E-state index in [1.807, 2.05) is 6.07 Å². The molecule has 0 saturated carbocycles. The topological polar surface area (TPSA) is 77.8 Å². The summed E-state index contributed by atoms with van der Waals surface area (Å²) in [4.78, 5) is 0.751. The van der Waals surface area contributed by atoms with E-state index in [2.05, 4.69) is 10.5 Å². The van der Waals surface area contributed by atoms with E-state index < -0.39 is 0 Å². The minimum atomic E-state index is 0.106. The van der Waals surface area contributed by atoms with Crippen molar-refractivity contribution in [3.05, 3.63) is 24.3 Å². The molecule has 1 aromatic carbocycles. The molecule has 0 amide bonds. The number of nitrogens with zero attached hydrogens (tertiary/aromatic N) is 3. The second kappa shape index (κ2) is 2.99. The van der Waals surface area contributed by atoms with Gasteiger partial charge >= 0.3 is 5.96 Å². The van der Waals surface area contributed by atoms with Gasteiger partial charge in [-0.2, -0.15) is 0 Å². The lowest BCUT2D eigenvalue weighted by molar-refractivity contribution is -0.930. The molecule has 72 valence electrons. The third kappa shape index (κ3) is 1.08. The van der Waals surface area contributed by atoms with E-state index in [0.717, 1.165) is 4.85 Å². The molecular formula is C8H10N5O+. The molecule has 1 aromatic heterocycles. The summed E-state index contributed by atoms with van der Waals surface area (Å²) >= 11 is 0. The molecule has 0 aliphatic carbocycles. The van der Waals surface area contributed by atoms with Crippen LogP contribution in [0.3, 0.4) is 0 Å². The van der Waals surface area contributed by atoms with E-state index in [9.17, 15) is 5.21 Å². The molecule has 0 bridgehead atoms. The van der Waals surface area contributed by atoms with Crippen LogP contribution in [0.5, 0.6) is 0 Å². The van der Waals surface area contributed by atoms with E-state index >= 15 is 0 Å². The molecule has 2 aromatic rings. The Morgan fingerprint density at radius 3 is 3.00 bits per heavy atom. The van der Waals surface area contributed by atoms with Crippen molar-refractivity contribution in [1.82, 2.24) is 15.2 Å². The average molecular weight is 192 g/mol. The van der Waals surface area contributed by atoms with Crippen molar-refractivity contribution in [2.45, 2.75) is 0 Å². The highest BCUT2D eigenvalue weighted by molar-refractivity contribution is 5.87. The van der Waals surface area contributed by atoms with Crippen molar-refractivity contribution in [3.8, 4) is 0 Å². The molecule has 0 radical (unpaired) electrons. The fourth-order valence-electron chi connectivity index (χ4n) is 1.26. The molecular weight excluding hydrogens is 182 g/mol. The van der Waals surface area contributed by atoms with Gasteiger partial charge in [0.05, 0.1) is 4.85 Å². The molecule has 0 unspecified atom stereocenters. The fourth-order valence-corrected chi connectivity index (χ4v) is 1.26. The van der Waals surface area contributed by atoms with Crippen LogP contribution in [0.4, 0.5) is 0 Å². The van der Waals surface area contributed by atoms with E-state index in [0.29, 0.717) is 11.0 Å². The van der Waals surface area contributed by atoms with Crippen LogP contribution in [0, 0.1) is 5.41 Å². The molecule has 0 saturated heterocycles. The van der Waals surface area contributed by atoms with Crippen LogP contribution in [-0.4, -0.2) is 28.1 Å². The number of para-hydroxylation sites is 2. The quantitative estimate of drug-likeness (QED) is 0.229. The van der Waals surface area contributed by atoms with Gasteiger partial charge in [0.2, 0.25) is 11.0 Å². The van der Waals surface area contributed by atoms with Crippen LogP contribution in [-0.2, 0) is 0 Å². The van der Waals surface area contributed by atoms with Gasteiger partial charge in [-0.3, -0.25) is 0 Å². The summed E-state index contributed by atoms with van der Waals surface area (Å²) in [5.41, 5.74) is 1.24. The van der Waals surface area contributed by atoms with Gasteiger partial charge in [-0.05, 0) is 12.1 Å². The Labute approximate surface area is 79.8 Å². The van der Waals surface area contributed by atoms with Gasteiger partial charge in [0.1, 0.15) is 5.21 Å². The highest BCUT2D eigenvalue weighted by Crippen LogP contribution is 2.06. The van der Waals surface area contributed by atoms with E-state index in [-0.39, 0.29) is 5.96 Å². The summed E-state index contributed by atoms with van der Waals surface area (Å²) in [6.07, 6.45) is 0. The SMILES string of the molecule is CNC(=N)n1n[n+](O)c2ccccc21. The van der Waals surface area contributed by atoms with Crippen molar-refractivity contribution in [2.75, 3.05) is 7.05 Å². The molecule has 0 atom stereocenters. The van der Waals surface area contributed by atoms with Crippen molar-refractivity contribution in [1.29, 1.82) is 5.41 Å². The summed E-state index contributed by atoms with van der Waals surface area (Å²) in [7, 11) is 1.63. The number of rotatable bonds is 0. The van der Waals surface area contributed by atoms with Gasteiger partial charge < -0.3 is 10.5 Å². The Hall–Kier alpha value is -2.11. The monoisotopic (exact) mass is 192 g/mol. The summed E-state index contributed by atoms with van der Waals surface area (Å²) in [6.45, 7) is 0. The lowest BCUT2D eigenvalue weighted by Gasteiger charge is -1.92. The smallest absolute Gasteiger partial charge is 0.313 e. The van der Waals surface area contributed by atoms with Crippen molar-refractivity contribution in [3.63, 3.8) is 0 Å². The first kappa shape index (κ1) is 8.49. The third-order valence-corrected chi connectivity index (χ3v) is 1.95. The van der Waals surface area contributed by atoms with Crippen LogP contribution in [0.2, 0.25) is 0 Å². The van der Waals surface area contributed by atoms with E-state index in [1.54, 1.807) is 25.2 Å². The fraction of sp³-hybridized carbons (Fsp3) is 0.125. The Morgan fingerprint density at radius 2 is 2.29 bits per heavy atom. The second-order valence-electron chi connectivity index (χ2n) is 2.78. The number of nitrogens with one attached hydrogen (secondary N) is 2. The molecule has 1 heterocycles. The van der Waals surface area contributed by atoms with Gasteiger partial charge in [0.25, 0.3) is 0 Å². The first-order valence-electron chi connectivity index (χ1n) is 4.10. The Bertz CT molecular complexity index is 489. The van der Waals surface area contributed by atoms with Gasteiger partial charge in [-0.25, -0.2) is 5.41 Å². The average Bonchev–Trinajstić information content (AvgIpc) is 2.56. The maximum atomic E-state index is 9.40. The minimum absolute atomic E-state index is 0.106. The Balaban J connectivity index is 2.72. The zero-order chi connectivity index (χ0) is 10.1. The minimum Gasteiger partial charge on any atom is -0.338 e. The number of hydrogen-bond acceptors (Lipinski definition) is 3.